The third-order valence-electron chi connectivity index (χ3n) is 3.01. The van der Waals surface area contributed by atoms with Crippen LogP contribution in [0.25, 0.3) is 0 Å². The quantitative estimate of drug-likeness (QED) is 0.790. The topological polar surface area (TPSA) is 37.0 Å². The number of nitrogens with zero attached hydrogens (tertiary/aromatic N) is 1. The van der Waals surface area contributed by atoms with Crippen molar-refractivity contribution in [3.8, 4) is 0 Å². The predicted octanol–water partition coefficient (Wildman–Crippen LogP) is 2.63. The van der Waals surface area contributed by atoms with E-state index < -0.39 is 0 Å². The molecule has 0 radical (unpaired) electrons. The summed E-state index contributed by atoms with van der Waals surface area (Å²) >= 11 is 4.15. The third-order valence-corrected chi connectivity index (χ3v) is 5.53. The molecule has 19 heavy (non-hydrogen) atoms. The van der Waals surface area contributed by atoms with Crippen LogP contribution in [0.4, 0.5) is 5.82 Å². The Kier molecular flexibility index (Phi) is 6.88. The number of nitrogens with one attached hydrogen (secondary N) is 2. The first-order chi connectivity index (χ1) is 9.34. The maximum atomic E-state index is 4.34. The molecule has 0 spiro atoms. The molecular formula is C14H23N3S2. The van der Waals surface area contributed by atoms with E-state index in [1.807, 2.05) is 12.3 Å². The Balaban J connectivity index is 1.55. The Morgan fingerprint density at radius 2 is 2.00 bits per heavy atom. The zero-order chi connectivity index (χ0) is 13.3. The van der Waals surface area contributed by atoms with Crippen molar-refractivity contribution in [2.24, 2.45) is 0 Å². The number of aromatic nitrogens is 1. The second-order valence-corrected chi connectivity index (χ2v) is 7.10. The van der Waals surface area contributed by atoms with Crippen LogP contribution in [0.2, 0.25) is 0 Å². The molecule has 0 aromatic carbocycles. The van der Waals surface area contributed by atoms with E-state index >= 15 is 0 Å². The molecule has 3 nitrogen and oxygen atoms in total. The average molecular weight is 297 g/mol. The van der Waals surface area contributed by atoms with E-state index in [0.717, 1.165) is 25.3 Å². The van der Waals surface area contributed by atoms with Crippen LogP contribution >= 0.6 is 23.5 Å². The number of anilines is 1. The lowest BCUT2D eigenvalue weighted by Gasteiger charge is -2.15. The number of thioether (sulfide) groups is 2. The molecule has 1 aliphatic rings. The van der Waals surface area contributed by atoms with Gasteiger partial charge in [0.1, 0.15) is 5.82 Å². The van der Waals surface area contributed by atoms with E-state index in [1.54, 1.807) is 0 Å². The standard InChI is InChI=1S/C14H23N3S2/c1-12-3-4-14(17-9-12)16-6-2-5-15-13-10-18-7-8-19-11-13/h3-4,9,13,15H,2,5-8,10-11H2,1H3,(H,16,17). The normalized spacial score (nSPS) is 17.1. The van der Waals surface area contributed by atoms with E-state index in [-0.39, 0.29) is 0 Å². The van der Waals surface area contributed by atoms with Gasteiger partial charge in [0.2, 0.25) is 0 Å². The lowest BCUT2D eigenvalue weighted by atomic mass is 10.3. The van der Waals surface area contributed by atoms with E-state index in [9.17, 15) is 0 Å². The minimum absolute atomic E-state index is 0.690. The van der Waals surface area contributed by atoms with Crippen molar-refractivity contribution in [3.05, 3.63) is 23.9 Å². The fourth-order valence-corrected chi connectivity index (χ4v) is 4.38. The highest BCUT2D eigenvalue weighted by atomic mass is 32.2. The summed E-state index contributed by atoms with van der Waals surface area (Å²) in [6, 6.07) is 4.82. The summed E-state index contributed by atoms with van der Waals surface area (Å²) < 4.78 is 0. The zero-order valence-electron chi connectivity index (χ0n) is 11.5. The molecule has 2 rings (SSSR count). The van der Waals surface area contributed by atoms with Gasteiger partial charge in [0.05, 0.1) is 0 Å². The third kappa shape index (κ3) is 6.06. The first-order valence-electron chi connectivity index (χ1n) is 6.90. The van der Waals surface area contributed by atoms with Gasteiger partial charge >= 0.3 is 0 Å². The molecule has 5 heteroatoms. The summed E-state index contributed by atoms with van der Waals surface area (Å²) in [6.45, 7) is 4.13. The van der Waals surface area contributed by atoms with Crippen LogP contribution in [0.3, 0.4) is 0 Å². The summed E-state index contributed by atoms with van der Waals surface area (Å²) in [7, 11) is 0. The van der Waals surface area contributed by atoms with Crippen molar-refractivity contribution in [1.82, 2.24) is 10.3 Å². The SMILES string of the molecule is Cc1ccc(NCCCNC2CSCCSC2)nc1. The van der Waals surface area contributed by atoms with Crippen molar-refractivity contribution < 1.29 is 0 Å². The van der Waals surface area contributed by atoms with Crippen molar-refractivity contribution in [1.29, 1.82) is 0 Å². The van der Waals surface area contributed by atoms with Gasteiger partial charge in [-0.3, -0.25) is 0 Å². The molecule has 1 aromatic rings. The fourth-order valence-electron chi connectivity index (χ4n) is 1.92. The van der Waals surface area contributed by atoms with E-state index in [0.29, 0.717) is 6.04 Å². The molecule has 0 amide bonds. The summed E-state index contributed by atoms with van der Waals surface area (Å²) in [5.74, 6) is 6.12. The van der Waals surface area contributed by atoms with E-state index in [4.69, 9.17) is 0 Å². The van der Waals surface area contributed by atoms with Crippen LogP contribution in [0.5, 0.6) is 0 Å². The highest BCUT2D eigenvalue weighted by Gasteiger charge is 2.11. The van der Waals surface area contributed by atoms with Crippen LogP contribution in [0.15, 0.2) is 18.3 Å². The highest BCUT2D eigenvalue weighted by Crippen LogP contribution is 2.16. The molecule has 106 valence electrons. The Labute approximate surface area is 124 Å². The largest absolute Gasteiger partial charge is 0.370 e. The second kappa shape index (κ2) is 8.72. The van der Waals surface area contributed by atoms with Crippen LogP contribution in [-0.4, -0.2) is 47.1 Å². The van der Waals surface area contributed by atoms with Gasteiger partial charge in [-0.15, -0.1) is 0 Å². The molecule has 0 bridgehead atoms. The smallest absolute Gasteiger partial charge is 0.125 e. The summed E-state index contributed by atoms with van der Waals surface area (Å²) in [6.07, 6.45) is 3.04. The van der Waals surface area contributed by atoms with Gasteiger partial charge in [-0.25, -0.2) is 4.98 Å². The molecule has 0 unspecified atom stereocenters. The lowest BCUT2D eigenvalue weighted by Crippen LogP contribution is -2.34. The van der Waals surface area contributed by atoms with Crippen molar-refractivity contribution in [3.63, 3.8) is 0 Å². The van der Waals surface area contributed by atoms with Gasteiger partial charge in [0.15, 0.2) is 0 Å². The molecule has 2 N–H and O–H groups in total. The van der Waals surface area contributed by atoms with Gasteiger partial charge in [0, 0.05) is 41.8 Å². The highest BCUT2D eigenvalue weighted by molar-refractivity contribution is 8.03. The van der Waals surface area contributed by atoms with Gasteiger partial charge in [-0.05, 0) is 31.5 Å². The Morgan fingerprint density at radius 1 is 1.21 bits per heavy atom. The molecule has 2 heterocycles. The van der Waals surface area contributed by atoms with Crippen LogP contribution in [0.1, 0.15) is 12.0 Å². The Bertz CT molecular complexity index is 348. The first kappa shape index (κ1) is 15.0. The molecule has 1 aromatic heterocycles. The monoisotopic (exact) mass is 297 g/mol. The van der Waals surface area contributed by atoms with Gasteiger partial charge in [-0.2, -0.15) is 23.5 Å². The number of hydrogen-bond donors (Lipinski definition) is 2. The summed E-state index contributed by atoms with van der Waals surface area (Å²) in [5.41, 5.74) is 1.20. The van der Waals surface area contributed by atoms with Gasteiger partial charge in [-0.1, -0.05) is 6.07 Å². The molecule has 1 aliphatic heterocycles. The maximum absolute atomic E-state index is 4.34. The molecular weight excluding hydrogens is 274 g/mol. The number of hydrogen-bond acceptors (Lipinski definition) is 5. The molecule has 0 atom stereocenters. The number of rotatable bonds is 6. The van der Waals surface area contributed by atoms with Crippen molar-refractivity contribution >= 4 is 29.3 Å². The van der Waals surface area contributed by atoms with E-state index in [2.05, 4.69) is 52.1 Å². The fraction of sp³-hybridized carbons (Fsp3) is 0.643. The number of aryl methyl sites for hydroxylation is 1. The van der Waals surface area contributed by atoms with Crippen LogP contribution in [0, 0.1) is 6.92 Å². The molecule has 1 saturated heterocycles. The summed E-state index contributed by atoms with van der Waals surface area (Å²) in [5, 5.41) is 7.02. The van der Waals surface area contributed by atoms with E-state index in [1.165, 1.54) is 28.6 Å². The van der Waals surface area contributed by atoms with Crippen molar-refractivity contribution in [2.45, 2.75) is 19.4 Å². The van der Waals surface area contributed by atoms with Gasteiger partial charge in [0.25, 0.3) is 0 Å². The molecule has 0 aliphatic carbocycles. The molecule has 1 fully saturated rings. The lowest BCUT2D eigenvalue weighted by molar-refractivity contribution is 0.591. The Morgan fingerprint density at radius 3 is 2.68 bits per heavy atom. The predicted molar refractivity (Wildman–Crippen MR) is 88.5 cm³/mol. The van der Waals surface area contributed by atoms with Gasteiger partial charge < -0.3 is 10.6 Å². The molecule has 0 saturated carbocycles. The maximum Gasteiger partial charge on any atom is 0.125 e. The average Bonchev–Trinajstić information content (AvgIpc) is 2.69. The first-order valence-corrected chi connectivity index (χ1v) is 9.21. The van der Waals surface area contributed by atoms with Crippen molar-refractivity contribution in [2.75, 3.05) is 41.4 Å². The second-order valence-electron chi connectivity index (χ2n) is 4.80. The van der Waals surface area contributed by atoms with Crippen LogP contribution in [-0.2, 0) is 0 Å². The zero-order valence-corrected chi connectivity index (χ0v) is 13.2. The van der Waals surface area contributed by atoms with Crippen LogP contribution < -0.4 is 10.6 Å². The summed E-state index contributed by atoms with van der Waals surface area (Å²) in [4.78, 5) is 4.34. The Hall–Kier alpha value is -0.390. The minimum atomic E-state index is 0.690. The number of pyridine rings is 1. The minimum Gasteiger partial charge on any atom is -0.370 e.